The van der Waals surface area contributed by atoms with Crippen molar-refractivity contribution in [3.05, 3.63) is 46.6 Å². The summed E-state index contributed by atoms with van der Waals surface area (Å²) < 4.78 is 42.5. The van der Waals surface area contributed by atoms with E-state index in [2.05, 4.69) is 49.4 Å². The van der Waals surface area contributed by atoms with Crippen LogP contribution in [0.2, 0.25) is 0 Å². The van der Waals surface area contributed by atoms with E-state index in [0.29, 0.717) is 20.6 Å². The number of ether oxygens (including phenoxy) is 1. The number of aliphatic carboxylic acids is 1. The van der Waals surface area contributed by atoms with Crippen molar-refractivity contribution in [2.45, 2.75) is 6.42 Å². The van der Waals surface area contributed by atoms with E-state index >= 15 is 0 Å². The van der Waals surface area contributed by atoms with Crippen molar-refractivity contribution in [1.29, 1.82) is 0 Å². The van der Waals surface area contributed by atoms with Crippen molar-refractivity contribution in [2.24, 2.45) is 0 Å². The van der Waals surface area contributed by atoms with Crippen LogP contribution in [0, 0.1) is 10.7 Å². The fourth-order valence-electron chi connectivity index (χ4n) is 1.83. The number of benzene rings is 2. The average molecular weight is 702 g/mol. The second-order valence-electron chi connectivity index (χ2n) is 4.66. The third-order valence-electron chi connectivity index (χ3n) is 2.73. The molecule has 0 spiro atoms. The van der Waals surface area contributed by atoms with E-state index in [-0.39, 0.29) is 12.2 Å². The van der Waals surface area contributed by atoms with Crippen LogP contribution in [0.4, 0.5) is 0 Å². The van der Waals surface area contributed by atoms with Gasteiger partial charge in [-0.3, -0.25) is 9.35 Å². The molecule has 0 aromatic heterocycles. The summed E-state index contributed by atoms with van der Waals surface area (Å²) in [5.41, 5.74) is 0.667. The summed E-state index contributed by atoms with van der Waals surface area (Å²) in [6.07, 6.45) is -0.0775. The lowest BCUT2D eigenvalue weighted by Crippen LogP contribution is -2.07. The van der Waals surface area contributed by atoms with Crippen molar-refractivity contribution < 1.29 is 31.8 Å². The second-order valence-corrected chi connectivity index (χ2v) is 9.17. The quantitative estimate of drug-likeness (QED) is 0.345. The summed E-state index contributed by atoms with van der Waals surface area (Å²) in [5, 5.41) is 8.88. The summed E-state index contributed by atoms with van der Waals surface area (Å²) >= 11 is 5.97. The fraction of sp³-hybridized carbons (Fsp3) is 0.0714. The Kier molecular flexibility index (Phi) is 7.14. The highest BCUT2D eigenvalue weighted by Gasteiger charge is 2.14. The molecule has 2 aromatic carbocycles. The molecule has 0 saturated heterocycles. The van der Waals surface area contributed by atoms with E-state index in [0.717, 1.165) is 7.14 Å². The topological polar surface area (TPSA) is 110 Å². The lowest BCUT2D eigenvalue weighted by molar-refractivity contribution is -0.136. The number of carboxylic acids is 1. The molecule has 0 fully saturated rings. The van der Waals surface area contributed by atoms with Gasteiger partial charge in [-0.05, 0) is 104 Å². The monoisotopic (exact) mass is 702 g/mol. The zero-order valence-corrected chi connectivity index (χ0v) is 19.4. The first kappa shape index (κ1) is 20.9. The van der Waals surface area contributed by atoms with E-state index < -0.39 is 16.4 Å². The zero-order valence-electron chi connectivity index (χ0n) is 12.1. The molecule has 134 valence electrons. The second kappa shape index (κ2) is 8.53. The maximum Gasteiger partial charge on any atom is 0.446 e. The predicted molar refractivity (Wildman–Crippen MR) is 115 cm³/mol. The van der Waals surface area contributed by atoms with Gasteiger partial charge >= 0.3 is 16.4 Å². The van der Waals surface area contributed by atoms with Gasteiger partial charge in [-0.1, -0.05) is 0 Å². The minimum absolute atomic E-state index is 0.0170. The molecule has 2 rings (SSSR count). The lowest BCUT2D eigenvalue weighted by Gasteiger charge is -2.13. The molecule has 0 aliphatic carbocycles. The molecule has 7 nitrogen and oxygen atoms in total. The molecule has 2 aromatic rings. The maximum absolute atomic E-state index is 10.8. The summed E-state index contributed by atoms with van der Waals surface area (Å²) in [6, 6.07) is 7.88. The molecule has 0 aliphatic rings. The lowest BCUT2D eigenvalue weighted by atomic mass is 10.1. The first-order chi connectivity index (χ1) is 11.5. The van der Waals surface area contributed by atoms with E-state index in [1.54, 1.807) is 18.2 Å². The van der Waals surface area contributed by atoms with Crippen LogP contribution >= 0.6 is 67.8 Å². The number of hydrogen-bond donors (Lipinski definition) is 2. The predicted octanol–water partition coefficient (Wildman–Crippen LogP) is 4.10. The zero-order chi connectivity index (χ0) is 18.8. The fourth-order valence-corrected chi connectivity index (χ4v) is 5.07. The summed E-state index contributed by atoms with van der Waals surface area (Å²) in [4.78, 5) is 10.8. The minimum atomic E-state index is -4.60. The molecule has 11 heteroatoms. The SMILES string of the molecule is O=C(O)Cc1cc(I)c(Oc2ccc(OS(=O)(=O)O)c(I)c2)c(I)c1. The Morgan fingerprint density at radius 1 is 1.04 bits per heavy atom. The Labute approximate surface area is 184 Å². The molecule has 2 N–H and O–H groups in total. The molecule has 0 saturated carbocycles. The normalized spacial score (nSPS) is 11.2. The van der Waals surface area contributed by atoms with Crippen LogP contribution in [0.3, 0.4) is 0 Å². The standard InChI is InChI=1S/C14H9I3O7S/c15-9-6-8(1-2-12(9)24-25(20,21)22)23-14-10(16)3-7(4-11(14)17)5-13(18)19/h1-4,6H,5H2,(H,18,19)(H,20,21,22). The highest BCUT2D eigenvalue weighted by molar-refractivity contribution is 14.1. The first-order valence-electron chi connectivity index (χ1n) is 6.39. The van der Waals surface area contributed by atoms with Gasteiger partial charge in [0.2, 0.25) is 0 Å². The number of hydrogen-bond acceptors (Lipinski definition) is 5. The van der Waals surface area contributed by atoms with Crippen molar-refractivity contribution in [1.82, 2.24) is 0 Å². The summed E-state index contributed by atoms with van der Waals surface area (Å²) in [5.74, 6) is 0.0735. The van der Waals surface area contributed by atoms with Crippen LogP contribution < -0.4 is 8.92 Å². The highest BCUT2D eigenvalue weighted by Crippen LogP contribution is 2.35. The number of rotatable bonds is 6. The smallest absolute Gasteiger partial charge is 0.446 e. The Balaban J connectivity index is 2.28. The molecular weight excluding hydrogens is 693 g/mol. The minimum Gasteiger partial charge on any atom is -0.481 e. The Hall–Kier alpha value is -0.390. The van der Waals surface area contributed by atoms with E-state index in [4.69, 9.17) is 14.4 Å². The average Bonchev–Trinajstić information content (AvgIpc) is 2.43. The van der Waals surface area contributed by atoms with Gasteiger partial charge in [0.25, 0.3) is 0 Å². The third kappa shape index (κ3) is 6.37. The summed E-state index contributed by atoms with van der Waals surface area (Å²) in [7, 11) is -4.60. The van der Waals surface area contributed by atoms with Crippen molar-refractivity contribution >= 4 is 84.1 Å². The van der Waals surface area contributed by atoms with Gasteiger partial charge in [0, 0.05) is 0 Å². The highest BCUT2D eigenvalue weighted by atomic mass is 127. The molecule has 25 heavy (non-hydrogen) atoms. The molecular formula is C14H9I3O7S. The van der Waals surface area contributed by atoms with Crippen LogP contribution in [0.5, 0.6) is 17.2 Å². The van der Waals surface area contributed by atoms with Gasteiger partial charge in [-0.2, -0.15) is 8.42 Å². The van der Waals surface area contributed by atoms with Gasteiger partial charge in [0.05, 0.1) is 17.1 Å². The van der Waals surface area contributed by atoms with E-state index in [1.807, 2.05) is 22.6 Å². The Morgan fingerprint density at radius 3 is 2.12 bits per heavy atom. The van der Waals surface area contributed by atoms with Crippen LogP contribution in [-0.4, -0.2) is 24.0 Å². The molecule has 0 amide bonds. The molecule has 0 unspecified atom stereocenters. The van der Waals surface area contributed by atoms with Crippen LogP contribution in [0.1, 0.15) is 5.56 Å². The summed E-state index contributed by atoms with van der Waals surface area (Å²) in [6.45, 7) is 0. The Bertz CT molecular complexity index is 905. The molecule has 0 heterocycles. The van der Waals surface area contributed by atoms with Gasteiger partial charge in [0.1, 0.15) is 5.75 Å². The van der Waals surface area contributed by atoms with Gasteiger partial charge in [-0.15, -0.1) is 0 Å². The van der Waals surface area contributed by atoms with E-state index in [9.17, 15) is 13.2 Å². The van der Waals surface area contributed by atoms with Crippen molar-refractivity contribution in [3.8, 4) is 17.2 Å². The largest absolute Gasteiger partial charge is 0.481 e. The third-order valence-corrected chi connectivity index (χ3v) is 5.57. The first-order valence-corrected chi connectivity index (χ1v) is 11.0. The van der Waals surface area contributed by atoms with E-state index in [1.165, 1.54) is 12.1 Å². The number of halogens is 3. The number of carboxylic acid groups (broad SMARTS) is 1. The molecule has 0 bridgehead atoms. The number of carbonyl (C=O) groups is 1. The molecule has 0 radical (unpaired) electrons. The van der Waals surface area contributed by atoms with Gasteiger partial charge in [-0.25, -0.2) is 0 Å². The molecule has 0 aliphatic heterocycles. The molecule has 0 atom stereocenters. The Morgan fingerprint density at radius 2 is 1.64 bits per heavy atom. The van der Waals surface area contributed by atoms with Crippen molar-refractivity contribution in [2.75, 3.05) is 0 Å². The van der Waals surface area contributed by atoms with Gasteiger partial charge in [0.15, 0.2) is 11.5 Å². The van der Waals surface area contributed by atoms with Gasteiger partial charge < -0.3 is 14.0 Å². The maximum atomic E-state index is 10.8. The van der Waals surface area contributed by atoms with Crippen LogP contribution in [-0.2, 0) is 21.6 Å². The van der Waals surface area contributed by atoms with Crippen LogP contribution in [0.15, 0.2) is 30.3 Å². The van der Waals surface area contributed by atoms with Crippen molar-refractivity contribution in [3.63, 3.8) is 0 Å². The van der Waals surface area contributed by atoms with Crippen LogP contribution in [0.25, 0.3) is 0 Å².